The molecule has 3 aliphatic carbocycles. The van der Waals surface area contributed by atoms with E-state index in [1.165, 1.54) is 6.42 Å². The van der Waals surface area contributed by atoms with Gasteiger partial charge in [-0.05, 0) is 54.4 Å². The first-order valence-electron chi connectivity index (χ1n) is 9.54. The van der Waals surface area contributed by atoms with Crippen molar-refractivity contribution in [2.45, 2.75) is 65.1 Å². The monoisotopic (exact) mass is 322 g/mol. The minimum absolute atomic E-state index is 0.0587. The summed E-state index contributed by atoms with van der Waals surface area (Å²) in [6, 6.07) is 0. The zero-order valence-electron chi connectivity index (χ0n) is 15.1. The molecule has 2 fully saturated rings. The fourth-order valence-electron chi connectivity index (χ4n) is 6.10. The Labute approximate surface area is 140 Å². The van der Waals surface area contributed by atoms with Gasteiger partial charge in [0.05, 0.1) is 18.3 Å². The summed E-state index contributed by atoms with van der Waals surface area (Å²) in [6.07, 6.45) is 5.79. The Balaban J connectivity index is 2.17. The number of aliphatic hydroxyl groups excluding tert-OH is 2. The molecule has 0 aromatic rings. The van der Waals surface area contributed by atoms with Crippen molar-refractivity contribution in [2.24, 2.45) is 41.4 Å². The summed E-state index contributed by atoms with van der Waals surface area (Å²) in [5.74, 6) is 1.93. The van der Waals surface area contributed by atoms with Crippen molar-refractivity contribution in [3.8, 4) is 0 Å². The predicted molar refractivity (Wildman–Crippen MR) is 91.7 cm³/mol. The average Bonchev–Trinajstić information content (AvgIpc) is 2.50. The smallest absolute Gasteiger partial charge is 0.0831 e. The fraction of sp³-hybridized carbons (Fsp3) is 0.900. The van der Waals surface area contributed by atoms with E-state index in [4.69, 9.17) is 0 Å². The second kappa shape index (κ2) is 6.16. The summed E-state index contributed by atoms with van der Waals surface area (Å²) in [5, 5.41) is 32.6. The van der Waals surface area contributed by atoms with Crippen molar-refractivity contribution < 1.29 is 15.3 Å². The van der Waals surface area contributed by atoms with Crippen LogP contribution in [0.25, 0.3) is 0 Å². The molecular formula is C20H34O3. The van der Waals surface area contributed by atoms with E-state index < -0.39 is 11.7 Å². The molecule has 4 bridgehead atoms. The highest BCUT2D eigenvalue weighted by molar-refractivity contribution is 5.26. The first-order valence-corrected chi connectivity index (χ1v) is 9.54. The number of aliphatic hydroxyl groups is 3. The third-order valence-corrected chi connectivity index (χ3v) is 7.55. The minimum atomic E-state index is -0.829. The Hall–Kier alpha value is -0.380. The number of hydrogen-bond donors (Lipinski definition) is 3. The molecule has 3 N–H and O–H groups in total. The van der Waals surface area contributed by atoms with Crippen LogP contribution in [0.5, 0.6) is 0 Å². The van der Waals surface area contributed by atoms with Gasteiger partial charge in [0.2, 0.25) is 0 Å². The van der Waals surface area contributed by atoms with E-state index in [9.17, 15) is 15.3 Å². The van der Waals surface area contributed by atoms with Crippen molar-refractivity contribution in [3.63, 3.8) is 0 Å². The van der Waals surface area contributed by atoms with Crippen molar-refractivity contribution in [1.29, 1.82) is 0 Å². The standard InChI is InChI=1S/C20H34O3/c1-11(2)15-7-5-12(3)16-8-6-13(4)20(23)17(15)9-14(10-21)19(22)18(16)20/h9,11-13,15-19,21-23H,5-8,10H2,1-4H3/t12-,13?,15-,16?,17?,18?,19-,20?/m1/s1. The van der Waals surface area contributed by atoms with E-state index >= 15 is 0 Å². The van der Waals surface area contributed by atoms with E-state index in [0.29, 0.717) is 23.7 Å². The topological polar surface area (TPSA) is 60.7 Å². The molecule has 0 aromatic carbocycles. The lowest BCUT2D eigenvalue weighted by Gasteiger charge is -2.60. The first-order chi connectivity index (χ1) is 10.8. The van der Waals surface area contributed by atoms with Crippen molar-refractivity contribution in [3.05, 3.63) is 11.6 Å². The van der Waals surface area contributed by atoms with Crippen LogP contribution >= 0.6 is 0 Å². The Morgan fingerprint density at radius 2 is 1.87 bits per heavy atom. The van der Waals surface area contributed by atoms with Gasteiger partial charge in [-0.25, -0.2) is 0 Å². The second-order valence-corrected chi connectivity index (χ2v) is 8.89. The third kappa shape index (κ3) is 2.51. The Morgan fingerprint density at radius 3 is 2.48 bits per heavy atom. The molecule has 3 aliphatic rings. The molecular weight excluding hydrogens is 288 g/mol. The van der Waals surface area contributed by atoms with Crippen LogP contribution in [-0.2, 0) is 0 Å². The second-order valence-electron chi connectivity index (χ2n) is 8.89. The predicted octanol–water partition coefficient (Wildman–Crippen LogP) is 2.99. The van der Waals surface area contributed by atoms with Crippen LogP contribution in [0.4, 0.5) is 0 Å². The maximum Gasteiger partial charge on any atom is 0.0831 e. The van der Waals surface area contributed by atoms with Crippen molar-refractivity contribution in [1.82, 2.24) is 0 Å². The van der Waals surface area contributed by atoms with E-state index in [0.717, 1.165) is 24.8 Å². The van der Waals surface area contributed by atoms with Crippen molar-refractivity contribution in [2.75, 3.05) is 6.61 Å². The lowest BCUT2D eigenvalue weighted by Crippen LogP contribution is -2.65. The van der Waals surface area contributed by atoms with Crippen LogP contribution in [0.2, 0.25) is 0 Å². The van der Waals surface area contributed by atoms with Crippen molar-refractivity contribution >= 4 is 0 Å². The molecule has 0 heterocycles. The quantitative estimate of drug-likeness (QED) is 0.685. The van der Waals surface area contributed by atoms with Gasteiger partial charge in [0.15, 0.2) is 0 Å². The Morgan fingerprint density at radius 1 is 1.17 bits per heavy atom. The van der Waals surface area contributed by atoms with Crippen LogP contribution in [-0.4, -0.2) is 33.6 Å². The van der Waals surface area contributed by atoms with Gasteiger partial charge in [-0.3, -0.25) is 0 Å². The van der Waals surface area contributed by atoms with E-state index in [2.05, 4.69) is 27.7 Å². The van der Waals surface area contributed by atoms with E-state index in [1.807, 2.05) is 6.08 Å². The normalized spacial score (nSPS) is 50.3. The summed E-state index contributed by atoms with van der Waals surface area (Å²) >= 11 is 0. The molecule has 0 amide bonds. The molecule has 5 unspecified atom stereocenters. The van der Waals surface area contributed by atoms with Gasteiger partial charge in [0, 0.05) is 11.8 Å². The molecule has 2 saturated carbocycles. The molecule has 3 rings (SSSR count). The molecule has 8 atom stereocenters. The average molecular weight is 322 g/mol. The third-order valence-electron chi connectivity index (χ3n) is 7.55. The van der Waals surface area contributed by atoms with Gasteiger partial charge in [-0.2, -0.15) is 0 Å². The van der Waals surface area contributed by atoms with E-state index in [-0.39, 0.29) is 24.4 Å². The van der Waals surface area contributed by atoms with Crippen LogP contribution in [0.3, 0.4) is 0 Å². The summed E-state index contributed by atoms with van der Waals surface area (Å²) in [5.41, 5.74) is -0.0894. The lowest BCUT2D eigenvalue weighted by atomic mass is 9.48. The SMILES string of the molecule is CC(C)[C@H]1CC[C@@H](C)C2CCC(C)C3(O)C1C=C(CO)[C@@H](O)C23. The highest BCUT2D eigenvalue weighted by Gasteiger charge is 2.60. The Bertz CT molecular complexity index is 472. The largest absolute Gasteiger partial charge is 0.392 e. The molecule has 0 saturated heterocycles. The zero-order chi connectivity index (χ0) is 16.9. The fourth-order valence-corrected chi connectivity index (χ4v) is 6.10. The van der Waals surface area contributed by atoms with Gasteiger partial charge < -0.3 is 15.3 Å². The summed E-state index contributed by atoms with van der Waals surface area (Å²) in [6.45, 7) is 8.85. The van der Waals surface area contributed by atoms with Gasteiger partial charge in [-0.15, -0.1) is 0 Å². The lowest BCUT2D eigenvalue weighted by molar-refractivity contribution is -0.203. The number of hydrogen-bond acceptors (Lipinski definition) is 3. The highest BCUT2D eigenvalue weighted by atomic mass is 16.3. The summed E-state index contributed by atoms with van der Waals surface area (Å²) in [7, 11) is 0. The van der Waals surface area contributed by atoms with Crippen LogP contribution in [0.15, 0.2) is 11.6 Å². The van der Waals surface area contributed by atoms with Gasteiger partial charge in [-0.1, -0.05) is 40.2 Å². The zero-order valence-corrected chi connectivity index (χ0v) is 15.1. The molecule has 0 aliphatic heterocycles. The molecule has 3 heteroatoms. The minimum Gasteiger partial charge on any atom is -0.392 e. The maximum atomic E-state index is 11.9. The van der Waals surface area contributed by atoms with Crippen LogP contribution < -0.4 is 0 Å². The number of rotatable bonds is 2. The molecule has 23 heavy (non-hydrogen) atoms. The molecule has 132 valence electrons. The molecule has 0 radical (unpaired) electrons. The molecule has 0 aromatic heterocycles. The highest BCUT2D eigenvalue weighted by Crippen LogP contribution is 2.58. The van der Waals surface area contributed by atoms with Gasteiger partial charge in [0.1, 0.15) is 0 Å². The Kier molecular flexibility index (Phi) is 4.67. The summed E-state index contributed by atoms with van der Waals surface area (Å²) in [4.78, 5) is 0. The van der Waals surface area contributed by atoms with E-state index in [1.54, 1.807) is 0 Å². The van der Waals surface area contributed by atoms with Gasteiger partial charge >= 0.3 is 0 Å². The van der Waals surface area contributed by atoms with Crippen LogP contribution in [0.1, 0.15) is 53.4 Å². The van der Waals surface area contributed by atoms with Crippen LogP contribution in [0, 0.1) is 41.4 Å². The maximum absolute atomic E-state index is 11.9. The molecule has 0 spiro atoms. The first kappa shape index (κ1) is 17.4. The van der Waals surface area contributed by atoms with Gasteiger partial charge in [0.25, 0.3) is 0 Å². The molecule has 3 nitrogen and oxygen atoms in total. The summed E-state index contributed by atoms with van der Waals surface area (Å²) < 4.78 is 0.